The molecule has 3 nitrogen and oxygen atoms in total. The minimum atomic E-state index is 0.856. The van der Waals surface area contributed by atoms with Gasteiger partial charge >= 0.3 is 0 Å². The maximum atomic E-state index is 5.34. The highest BCUT2D eigenvalue weighted by atomic mass is 16.5. The molecule has 0 aliphatic heterocycles. The summed E-state index contributed by atoms with van der Waals surface area (Å²) in [6.45, 7) is 0. The van der Waals surface area contributed by atoms with Crippen molar-refractivity contribution in [2.45, 2.75) is 0 Å². The molecule has 0 radical (unpaired) electrons. The zero-order valence-electron chi connectivity index (χ0n) is 9.63. The van der Waals surface area contributed by atoms with Gasteiger partial charge in [-0.2, -0.15) is 5.10 Å². The molecule has 2 N–H and O–H groups in total. The molecule has 0 amide bonds. The Morgan fingerprint density at radius 1 is 1.12 bits per heavy atom. The lowest BCUT2D eigenvalue weighted by Gasteiger charge is -2.08. The second kappa shape index (κ2) is 5.16. The number of benzene rings is 2. The first-order valence-electron chi connectivity index (χ1n) is 5.32. The fourth-order valence-corrected chi connectivity index (χ4v) is 1.76. The fourth-order valence-electron chi connectivity index (χ4n) is 1.76. The molecule has 0 bridgehead atoms. The van der Waals surface area contributed by atoms with Gasteiger partial charge < -0.3 is 10.6 Å². The molecule has 3 heteroatoms. The molecule has 2 rings (SSSR count). The van der Waals surface area contributed by atoms with Crippen molar-refractivity contribution in [2.24, 2.45) is 10.9 Å². The van der Waals surface area contributed by atoms with Crippen molar-refractivity contribution in [2.75, 3.05) is 7.11 Å². The van der Waals surface area contributed by atoms with Crippen LogP contribution in [0.2, 0.25) is 0 Å². The van der Waals surface area contributed by atoms with E-state index >= 15 is 0 Å². The highest BCUT2D eigenvalue weighted by Gasteiger charge is 2.04. The van der Waals surface area contributed by atoms with Crippen LogP contribution >= 0.6 is 0 Å². The maximum Gasteiger partial charge on any atom is 0.126 e. The van der Waals surface area contributed by atoms with Gasteiger partial charge in [0.15, 0.2) is 0 Å². The lowest BCUT2D eigenvalue weighted by atomic mass is 10.0. The standard InChI is InChI=1S/C14H14N2O/c1-17-14-8-3-2-7-13(14)12-6-4-5-11(9-12)10-16-15/h2-10H,15H2,1H3. The number of para-hydroxylation sites is 1. The summed E-state index contributed by atoms with van der Waals surface area (Å²) in [7, 11) is 1.67. The van der Waals surface area contributed by atoms with Crippen LogP contribution in [0.3, 0.4) is 0 Å². The van der Waals surface area contributed by atoms with Crippen molar-refractivity contribution in [3.8, 4) is 16.9 Å². The molecule has 0 heterocycles. The van der Waals surface area contributed by atoms with Gasteiger partial charge in [-0.1, -0.05) is 36.4 Å². The van der Waals surface area contributed by atoms with Crippen molar-refractivity contribution < 1.29 is 4.74 Å². The summed E-state index contributed by atoms with van der Waals surface area (Å²) in [5, 5.41) is 3.53. The Labute approximate surface area is 101 Å². The summed E-state index contributed by atoms with van der Waals surface area (Å²) in [6.07, 6.45) is 1.62. The maximum absolute atomic E-state index is 5.34. The minimum Gasteiger partial charge on any atom is -0.496 e. The molecular formula is C14H14N2O. The lowest BCUT2D eigenvalue weighted by Crippen LogP contribution is -1.90. The van der Waals surface area contributed by atoms with Crippen molar-refractivity contribution in [1.82, 2.24) is 0 Å². The van der Waals surface area contributed by atoms with Crippen LogP contribution in [0.5, 0.6) is 5.75 Å². The van der Waals surface area contributed by atoms with Gasteiger partial charge in [0.05, 0.1) is 13.3 Å². The molecule has 0 aromatic heterocycles. The number of ether oxygens (including phenoxy) is 1. The number of hydrogen-bond acceptors (Lipinski definition) is 3. The van der Waals surface area contributed by atoms with E-state index in [2.05, 4.69) is 5.10 Å². The normalized spacial score (nSPS) is 10.6. The highest BCUT2D eigenvalue weighted by molar-refractivity contribution is 5.83. The van der Waals surface area contributed by atoms with Crippen LogP contribution in [-0.4, -0.2) is 13.3 Å². The zero-order valence-corrected chi connectivity index (χ0v) is 9.63. The number of rotatable bonds is 3. The molecule has 0 unspecified atom stereocenters. The van der Waals surface area contributed by atoms with Crippen LogP contribution in [0.15, 0.2) is 53.6 Å². The third-order valence-electron chi connectivity index (χ3n) is 2.53. The number of hydrogen-bond donors (Lipinski definition) is 1. The van der Waals surface area contributed by atoms with Crippen molar-refractivity contribution >= 4 is 6.21 Å². The first-order valence-corrected chi connectivity index (χ1v) is 5.32. The van der Waals surface area contributed by atoms with Crippen LogP contribution < -0.4 is 10.6 Å². The highest BCUT2D eigenvalue weighted by Crippen LogP contribution is 2.29. The molecule has 0 fully saturated rings. The van der Waals surface area contributed by atoms with Gasteiger partial charge in [-0.3, -0.25) is 0 Å². The Balaban J connectivity index is 2.49. The summed E-state index contributed by atoms with van der Waals surface area (Å²) < 4.78 is 5.34. The van der Waals surface area contributed by atoms with Gasteiger partial charge in [0.25, 0.3) is 0 Å². The molecule has 0 aliphatic carbocycles. The number of hydrazone groups is 1. The van der Waals surface area contributed by atoms with Gasteiger partial charge in [0, 0.05) is 5.56 Å². The molecule has 2 aromatic rings. The van der Waals surface area contributed by atoms with E-state index in [-0.39, 0.29) is 0 Å². The third kappa shape index (κ3) is 2.45. The van der Waals surface area contributed by atoms with E-state index in [0.717, 1.165) is 22.4 Å². The Morgan fingerprint density at radius 3 is 2.71 bits per heavy atom. The number of nitrogens with zero attached hydrogens (tertiary/aromatic N) is 1. The SMILES string of the molecule is COc1ccccc1-c1cccc(C=NN)c1. The van der Waals surface area contributed by atoms with E-state index in [1.165, 1.54) is 0 Å². The van der Waals surface area contributed by atoms with Crippen molar-refractivity contribution in [1.29, 1.82) is 0 Å². The third-order valence-corrected chi connectivity index (χ3v) is 2.53. The molecule has 0 saturated carbocycles. The van der Waals surface area contributed by atoms with Gasteiger partial charge in [-0.05, 0) is 23.3 Å². The molecule has 0 saturated heterocycles. The quantitative estimate of drug-likeness (QED) is 0.497. The number of methoxy groups -OCH3 is 1. The number of nitrogens with two attached hydrogens (primary N) is 1. The van der Waals surface area contributed by atoms with E-state index in [4.69, 9.17) is 10.6 Å². The van der Waals surface area contributed by atoms with E-state index in [0.29, 0.717) is 0 Å². The van der Waals surface area contributed by atoms with Crippen molar-refractivity contribution in [3.05, 3.63) is 54.1 Å². The first kappa shape index (κ1) is 11.2. The van der Waals surface area contributed by atoms with E-state index in [1.807, 2.05) is 48.5 Å². The van der Waals surface area contributed by atoms with E-state index < -0.39 is 0 Å². The average Bonchev–Trinajstić information content (AvgIpc) is 2.39. The monoisotopic (exact) mass is 226 g/mol. The molecule has 0 spiro atoms. The Bertz CT molecular complexity index is 535. The molecule has 17 heavy (non-hydrogen) atoms. The summed E-state index contributed by atoms with van der Waals surface area (Å²) in [5.41, 5.74) is 3.11. The fraction of sp³-hybridized carbons (Fsp3) is 0.0714. The molecule has 0 atom stereocenters. The Hall–Kier alpha value is -2.29. The lowest BCUT2D eigenvalue weighted by molar-refractivity contribution is 0.416. The van der Waals surface area contributed by atoms with Crippen LogP contribution in [0.1, 0.15) is 5.56 Å². The smallest absolute Gasteiger partial charge is 0.126 e. The van der Waals surface area contributed by atoms with Gasteiger partial charge in [-0.15, -0.1) is 0 Å². The summed E-state index contributed by atoms with van der Waals surface area (Å²) >= 11 is 0. The topological polar surface area (TPSA) is 47.6 Å². The molecular weight excluding hydrogens is 212 g/mol. The first-order chi connectivity index (χ1) is 8.35. The zero-order chi connectivity index (χ0) is 12.1. The average molecular weight is 226 g/mol. The van der Waals surface area contributed by atoms with Crippen LogP contribution in [0.25, 0.3) is 11.1 Å². The molecule has 86 valence electrons. The summed E-state index contributed by atoms with van der Waals surface area (Å²) in [6, 6.07) is 15.9. The minimum absolute atomic E-state index is 0.856. The molecule has 2 aromatic carbocycles. The van der Waals surface area contributed by atoms with Crippen LogP contribution in [-0.2, 0) is 0 Å². The van der Waals surface area contributed by atoms with Crippen LogP contribution in [0, 0.1) is 0 Å². The predicted octanol–water partition coefficient (Wildman–Crippen LogP) is 2.65. The van der Waals surface area contributed by atoms with Gasteiger partial charge in [0.1, 0.15) is 5.75 Å². The van der Waals surface area contributed by atoms with E-state index in [9.17, 15) is 0 Å². The Kier molecular flexibility index (Phi) is 3.40. The van der Waals surface area contributed by atoms with E-state index in [1.54, 1.807) is 13.3 Å². The second-order valence-corrected chi connectivity index (χ2v) is 3.60. The second-order valence-electron chi connectivity index (χ2n) is 3.60. The molecule has 0 aliphatic rings. The van der Waals surface area contributed by atoms with Crippen LogP contribution in [0.4, 0.5) is 0 Å². The van der Waals surface area contributed by atoms with Gasteiger partial charge in [-0.25, -0.2) is 0 Å². The summed E-state index contributed by atoms with van der Waals surface area (Å²) in [5.74, 6) is 6.01. The predicted molar refractivity (Wildman–Crippen MR) is 70.2 cm³/mol. The van der Waals surface area contributed by atoms with Gasteiger partial charge in [0.2, 0.25) is 0 Å². The summed E-state index contributed by atoms with van der Waals surface area (Å²) in [4.78, 5) is 0. The van der Waals surface area contributed by atoms with Crippen molar-refractivity contribution in [3.63, 3.8) is 0 Å². The Morgan fingerprint density at radius 2 is 1.94 bits per heavy atom. The largest absolute Gasteiger partial charge is 0.496 e.